The molecule has 4 nitrogen and oxygen atoms in total. The summed E-state index contributed by atoms with van der Waals surface area (Å²) in [5.41, 5.74) is 5.22. The average Bonchev–Trinajstić information content (AvgIpc) is 1.85. The summed E-state index contributed by atoms with van der Waals surface area (Å²) in [6.45, 7) is 0.325. The second-order valence-corrected chi connectivity index (χ2v) is 1.72. The molecule has 1 rings (SSSR count). The van der Waals surface area contributed by atoms with E-state index in [0.717, 1.165) is 0 Å². The lowest BCUT2D eigenvalue weighted by molar-refractivity contribution is -0.116. The molecule has 8 heavy (non-hydrogen) atoms. The van der Waals surface area contributed by atoms with Crippen molar-refractivity contribution >= 4 is 11.9 Å². The predicted molar refractivity (Wildman–Crippen MR) is 29.3 cm³/mol. The fourth-order valence-corrected chi connectivity index (χ4v) is 0.532. The van der Waals surface area contributed by atoms with Crippen LogP contribution in [0.2, 0.25) is 0 Å². The third-order valence-corrected chi connectivity index (χ3v) is 1.00. The third kappa shape index (κ3) is 0.641. The first-order valence-electron chi connectivity index (χ1n) is 2.28. The van der Waals surface area contributed by atoms with Crippen molar-refractivity contribution in [2.75, 3.05) is 13.6 Å². The first kappa shape index (κ1) is 5.08. The molecule has 0 aromatic rings. The zero-order valence-electron chi connectivity index (χ0n) is 4.59. The molecule has 0 saturated heterocycles. The molecule has 0 aromatic carbocycles. The Labute approximate surface area is 47.0 Å². The number of likely N-dealkylation sites (N-methyl/N-ethyl adjacent to an activating group) is 1. The van der Waals surface area contributed by atoms with Gasteiger partial charge in [0, 0.05) is 7.05 Å². The van der Waals surface area contributed by atoms with Crippen LogP contribution < -0.4 is 5.73 Å². The normalized spacial score (nSPS) is 19.4. The van der Waals surface area contributed by atoms with Crippen molar-refractivity contribution in [3.8, 4) is 0 Å². The number of aliphatic imine (C=N–C) groups is 1. The van der Waals surface area contributed by atoms with E-state index < -0.39 is 0 Å². The Kier molecular flexibility index (Phi) is 0.932. The Morgan fingerprint density at radius 3 is 2.62 bits per heavy atom. The van der Waals surface area contributed by atoms with Crippen molar-refractivity contribution in [3.05, 3.63) is 0 Å². The molecular formula is C4H7N3O. The highest BCUT2D eigenvalue weighted by molar-refractivity contribution is 5.99. The smallest absolute Gasteiger partial charge is 0.268 e. The lowest BCUT2D eigenvalue weighted by Crippen LogP contribution is -2.29. The van der Waals surface area contributed by atoms with Crippen molar-refractivity contribution in [3.63, 3.8) is 0 Å². The number of carbonyl (C=O) groups excluding carboxylic acids is 1. The molecule has 1 heterocycles. The number of hydrogen-bond acceptors (Lipinski definition) is 3. The summed E-state index contributed by atoms with van der Waals surface area (Å²) in [7, 11) is 1.73. The number of nitrogens with zero attached hydrogens (tertiary/aromatic N) is 2. The molecule has 2 N–H and O–H groups in total. The van der Waals surface area contributed by atoms with E-state index in [-0.39, 0.29) is 5.91 Å². The van der Waals surface area contributed by atoms with E-state index in [1.165, 1.54) is 0 Å². The standard InChI is InChI=1S/C4H7N3O/c1-7-2-3(8)6-4(7)5/h2H2,1H3,(H2,5,6,8)/i1+1,3+1. The van der Waals surface area contributed by atoms with Crippen LogP contribution in [0.4, 0.5) is 0 Å². The van der Waals surface area contributed by atoms with Gasteiger partial charge in [-0.15, -0.1) is 0 Å². The number of rotatable bonds is 0. The van der Waals surface area contributed by atoms with E-state index in [1.807, 2.05) is 0 Å². The minimum absolute atomic E-state index is 0.162. The van der Waals surface area contributed by atoms with Gasteiger partial charge in [-0.1, -0.05) is 0 Å². The van der Waals surface area contributed by atoms with Gasteiger partial charge in [-0.25, -0.2) is 0 Å². The molecule has 1 aliphatic heterocycles. The molecule has 0 spiro atoms. The summed E-state index contributed by atoms with van der Waals surface area (Å²) in [6.07, 6.45) is 0. The van der Waals surface area contributed by atoms with Crippen LogP contribution in [0.1, 0.15) is 0 Å². The first-order valence-corrected chi connectivity index (χ1v) is 2.28. The van der Waals surface area contributed by atoms with Gasteiger partial charge in [0.05, 0.1) is 0 Å². The third-order valence-electron chi connectivity index (χ3n) is 1.00. The fourth-order valence-electron chi connectivity index (χ4n) is 0.532. The van der Waals surface area contributed by atoms with Crippen molar-refractivity contribution in [1.82, 2.24) is 4.90 Å². The molecule has 0 saturated carbocycles. The quantitative estimate of drug-likeness (QED) is 0.402. The molecule has 0 radical (unpaired) electrons. The highest BCUT2D eigenvalue weighted by Crippen LogP contribution is 1.92. The van der Waals surface area contributed by atoms with Gasteiger partial charge >= 0.3 is 0 Å². The second-order valence-electron chi connectivity index (χ2n) is 1.72. The van der Waals surface area contributed by atoms with Gasteiger partial charge in [0.1, 0.15) is 6.54 Å². The number of guanidine groups is 1. The van der Waals surface area contributed by atoms with Crippen LogP contribution >= 0.6 is 0 Å². The molecule has 0 aromatic heterocycles. The lowest BCUT2D eigenvalue weighted by atomic mass is 10.9. The largest absolute Gasteiger partial charge is 0.369 e. The molecule has 0 unspecified atom stereocenters. The van der Waals surface area contributed by atoms with E-state index in [0.29, 0.717) is 12.5 Å². The summed E-state index contributed by atoms with van der Waals surface area (Å²) < 4.78 is 0. The summed E-state index contributed by atoms with van der Waals surface area (Å²) >= 11 is 0. The summed E-state index contributed by atoms with van der Waals surface area (Å²) in [5, 5.41) is 0. The predicted octanol–water partition coefficient (Wildman–Crippen LogP) is -1.23. The van der Waals surface area contributed by atoms with Crippen molar-refractivity contribution < 1.29 is 4.79 Å². The van der Waals surface area contributed by atoms with E-state index in [9.17, 15) is 4.79 Å². The van der Waals surface area contributed by atoms with Crippen LogP contribution in [0.25, 0.3) is 0 Å². The van der Waals surface area contributed by atoms with Crippen LogP contribution in [0.15, 0.2) is 4.99 Å². The van der Waals surface area contributed by atoms with Gasteiger partial charge < -0.3 is 10.6 Å². The first-order chi connectivity index (χ1) is 3.70. The van der Waals surface area contributed by atoms with Crippen LogP contribution in [-0.4, -0.2) is 30.4 Å². The van der Waals surface area contributed by atoms with Crippen LogP contribution in [0.5, 0.6) is 0 Å². The fraction of sp³-hybridized carbons (Fsp3) is 0.500. The molecule has 1 amide bonds. The summed E-state index contributed by atoms with van der Waals surface area (Å²) in [5.74, 6) is 0.153. The van der Waals surface area contributed by atoms with Crippen molar-refractivity contribution in [2.45, 2.75) is 0 Å². The van der Waals surface area contributed by atoms with Gasteiger partial charge in [0.25, 0.3) is 5.91 Å². The molecule has 1 aliphatic rings. The highest BCUT2D eigenvalue weighted by Gasteiger charge is 2.15. The number of carbonyl (C=O) groups is 1. The Bertz CT molecular complexity index is 151. The van der Waals surface area contributed by atoms with Gasteiger partial charge in [-0.05, 0) is 0 Å². The Morgan fingerprint density at radius 1 is 1.88 bits per heavy atom. The van der Waals surface area contributed by atoms with Crippen LogP contribution in [0.3, 0.4) is 0 Å². The molecule has 0 bridgehead atoms. The maximum atomic E-state index is 10.4. The van der Waals surface area contributed by atoms with E-state index in [2.05, 4.69) is 4.99 Å². The van der Waals surface area contributed by atoms with Crippen LogP contribution in [-0.2, 0) is 4.79 Å². The average molecular weight is 115 g/mol. The second kappa shape index (κ2) is 1.47. The lowest BCUT2D eigenvalue weighted by Gasteiger charge is -2.05. The minimum Gasteiger partial charge on any atom is -0.369 e. The van der Waals surface area contributed by atoms with Gasteiger partial charge in [0.15, 0.2) is 5.96 Å². The molecule has 0 aliphatic carbocycles. The topological polar surface area (TPSA) is 58.7 Å². The minimum atomic E-state index is -0.162. The Morgan fingerprint density at radius 2 is 2.50 bits per heavy atom. The number of nitrogens with two attached hydrogens (primary N) is 1. The van der Waals surface area contributed by atoms with Gasteiger partial charge in [-0.3, -0.25) is 4.79 Å². The van der Waals surface area contributed by atoms with Crippen LogP contribution in [0, 0.1) is 0 Å². The van der Waals surface area contributed by atoms with Crippen molar-refractivity contribution in [2.24, 2.45) is 10.7 Å². The molecule has 44 valence electrons. The molecular weight excluding hydrogens is 108 g/mol. The Hall–Kier alpha value is -1.06. The SMILES string of the molecule is [13CH3]N1C[13C](=O)N=C1N. The molecule has 0 fully saturated rings. The van der Waals surface area contributed by atoms with Gasteiger partial charge in [-0.2, -0.15) is 4.99 Å². The van der Waals surface area contributed by atoms with Gasteiger partial charge in [0.2, 0.25) is 0 Å². The highest BCUT2D eigenvalue weighted by atomic mass is 16.2. The summed E-state index contributed by atoms with van der Waals surface area (Å²) in [6, 6.07) is 0. The van der Waals surface area contributed by atoms with E-state index in [1.54, 1.807) is 11.9 Å². The number of hydrogen-bond donors (Lipinski definition) is 1. The zero-order valence-corrected chi connectivity index (χ0v) is 4.59. The molecule has 0 atom stereocenters. The number of amides is 1. The monoisotopic (exact) mass is 115 g/mol. The zero-order chi connectivity index (χ0) is 6.15. The summed E-state index contributed by atoms with van der Waals surface area (Å²) in [4.78, 5) is 15.4. The molecule has 4 heteroatoms. The van der Waals surface area contributed by atoms with E-state index >= 15 is 0 Å². The Balaban J connectivity index is 2.73. The maximum Gasteiger partial charge on any atom is 0.268 e. The maximum absolute atomic E-state index is 10.4. The van der Waals surface area contributed by atoms with E-state index in [4.69, 9.17) is 5.73 Å². The van der Waals surface area contributed by atoms with Crippen molar-refractivity contribution in [1.29, 1.82) is 0 Å².